The van der Waals surface area contributed by atoms with Gasteiger partial charge in [0.2, 0.25) is 10.0 Å². The van der Waals surface area contributed by atoms with Crippen molar-refractivity contribution < 1.29 is 8.42 Å². The molecule has 0 radical (unpaired) electrons. The summed E-state index contributed by atoms with van der Waals surface area (Å²) in [6.45, 7) is 3.39. The fourth-order valence-electron chi connectivity index (χ4n) is 5.44. The zero-order valence-electron chi connectivity index (χ0n) is 22.0. The van der Waals surface area contributed by atoms with Gasteiger partial charge >= 0.3 is 0 Å². The lowest BCUT2D eigenvalue weighted by Gasteiger charge is -2.37. The predicted octanol–water partition coefficient (Wildman–Crippen LogP) is 6.73. The summed E-state index contributed by atoms with van der Waals surface area (Å²) < 4.78 is 30.4. The molecule has 3 aromatic carbocycles. The van der Waals surface area contributed by atoms with Gasteiger partial charge in [0, 0.05) is 43.2 Å². The van der Waals surface area contributed by atoms with Gasteiger partial charge in [0.1, 0.15) is 11.9 Å². The minimum atomic E-state index is -3.77. The Labute approximate surface area is 253 Å². The molecular formula is C30H24Cl3N5O2S. The van der Waals surface area contributed by atoms with Crippen LogP contribution in [0.25, 0.3) is 16.7 Å². The molecule has 0 atom stereocenters. The Morgan fingerprint density at radius 2 is 1.63 bits per heavy atom. The number of hydrogen-bond donors (Lipinski definition) is 0. The SMILES string of the molecule is Cc1c(Cc2ccc(Cl)cc2)c(N2CCN(S(=O)(=O)c3ccc(Cl)c(Cl)c3)CC2)n2c(nc3ccccc32)c1C#N. The highest BCUT2D eigenvalue weighted by atomic mass is 35.5. The number of aromatic nitrogens is 2. The van der Waals surface area contributed by atoms with Crippen LogP contribution in [0.4, 0.5) is 5.82 Å². The van der Waals surface area contributed by atoms with Crippen LogP contribution >= 0.6 is 34.8 Å². The van der Waals surface area contributed by atoms with Crippen LogP contribution in [-0.2, 0) is 16.4 Å². The maximum Gasteiger partial charge on any atom is 0.243 e. The Kier molecular flexibility index (Phi) is 7.35. The third kappa shape index (κ3) is 4.92. The van der Waals surface area contributed by atoms with E-state index in [1.165, 1.54) is 22.5 Å². The van der Waals surface area contributed by atoms with Gasteiger partial charge in [-0.15, -0.1) is 0 Å². The van der Waals surface area contributed by atoms with Crippen molar-refractivity contribution in [3.05, 3.63) is 104 Å². The smallest absolute Gasteiger partial charge is 0.243 e. The quantitative estimate of drug-likeness (QED) is 0.217. The summed E-state index contributed by atoms with van der Waals surface area (Å²) in [6, 6.07) is 22.2. The van der Waals surface area contributed by atoms with E-state index in [-0.39, 0.29) is 23.0 Å². The van der Waals surface area contributed by atoms with Crippen molar-refractivity contribution in [1.29, 1.82) is 5.26 Å². The largest absolute Gasteiger partial charge is 0.355 e. The Balaban J connectivity index is 1.45. The number of imidazole rings is 1. The monoisotopic (exact) mass is 623 g/mol. The van der Waals surface area contributed by atoms with Crippen molar-refractivity contribution >= 4 is 67.3 Å². The molecule has 0 saturated carbocycles. The number of halogens is 3. The van der Waals surface area contributed by atoms with Crippen LogP contribution < -0.4 is 4.90 Å². The number of anilines is 1. The number of benzene rings is 3. The summed E-state index contributed by atoms with van der Waals surface area (Å²) >= 11 is 18.3. The highest BCUT2D eigenvalue weighted by molar-refractivity contribution is 7.89. The average molecular weight is 625 g/mol. The molecule has 1 fully saturated rings. The first kappa shape index (κ1) is 27.8. The molecule has 2 aromatic heterocycles. The molecule has 0 amide bonds. The summed E-state index contributed by atoms with van der Waals surface area (Å²) in [6.07, 6.45) is 0.567. The van der Waals surface area contributed by atoms with Gasteiger partial charge in [-0.2, -0.15) is 9.57 Å². The zero-order chi connectivity index (χ0) is 28.9. The van der Waals surface area contributed by atoms with Gasteiger partial charge in [0.05, 0.1) is 31.5 Å². The lowest BCUT2D eigenvalue weighted by Crippen LogP contribution is -2.49. The molecule has 1 aliphatic heterocycles. The molecule has 0 spiro atoms. The van der Waals surface area contributed by atoms with E-state index in [0.29, 0.717) is 40.8 Å². The van der Waals surface area contributed by atoms with Crippen LogP contribution in [-0.4, -0.2) is 48.3 Å². The maximum atomic E-state index is 13.5. The summed E-state index contributed by atoms with van der Waals surface area (Å²) in [4.78, 5) is 7.15. The molecule has 0 N–H and O–H groups in total. The Morgan fingerprint density at radius 1 is 0.927 bits per heavy atom. The van der Waals surface area contributed by atoms with Crippen LogP contribution in [0.15, 0.2) is 71.6 Å². The van der Waals surface area contributed by atoms with E-state index in [9.17, 15) is 13.7 Å². The number of sulfonamides is 1. The molecule has 3 heterocycles. The molecule has 0 bridgehead atoms. The number of para-hydroxylation sites is 2. The second-order valence-electron chi connectivity index (χ2n) is 9.94. The summed E-state index contributed by atoms with van der Waals surface area (Å²) in [5.74, 6) is 0.909. The molecule has 0 unspecified atom stereocenters. The lowest BCUT2D eigenvalue weighted by atomic mass is 9.97. The van der Waals surface area contributed by atoms with Crippen molar-refractivity contribution in [3.63, 3.8) is 0 Å². The third-order valence-corrected chi connectivity index (χ3v) is 10.5. The van der Waals surface area contributed by atoms with Crippen LogP contribution in [0, 0.1) is 18.3 Å². The number of nitrogens with zero attached hydrogens (tertiary/aromatic N) is 5. The molecule has 1 saturated heterocycles. The van der Waals surface area contributed by atoms with Gasteiger partial charge < -0.3 is 4.90 Å². The first-order chi connectivity index (χ1) is 19.7. The summed E-state index contributed by atoms with van der Waals surface area (Å²) in [5, 5.41) is 11.4. The highest BCUT2D eigenvalue weighted by Crippen LogP contribution is 2.36. The third-order valence-electron chi connectivity index (χ3n) is 7.57. The van der Waals surface area contributed by atoms with Crippen molar-refractivity contribution in [2.75, 3.05) is 31.1 Å². The van der Waals surface area contributed by atoms with Gasteiger partial charge in [-0.25, -0.2) is 13.4 Å². The van der Waals surface area contributed by atoms with E-state index < -0.39 is 10.0 Å². The minimum Gasteiger partial charge on any atom is -0.355 e. The van der Waals surface area contributed by atoms with Gasteiger partial charge in [-0.1, -0.05) is 59.1 Å². The number of pyridine rings is 1. The number of piperazine rings is 1. The van der Waals surface area contributed by atoms with E-state index >= 15 is 0 Å². The number of fused-ring (bicyclic) bond motifs is 3. The molecule has 0 aliphatic carbocycles. The van der Waals surface area contributed by atoms with Crippen LogP contribution in [0.5, 0.6) is 0 Å². The van der Waals surface area contributed by atoms with Crippen molar-refractivity contribution in [2.45, 2.75) is 18.2 Å². The van der Waals surface area contributed by atoms with Gasteiger partial charge in [0.25, 0.3) is 0 Å². The normalized spacial score (nSPS) is 14.6. The van der Waals surface area contributed by atoms with Crippen molar-refractivity contribution in [1.82, 2.24) is 13.7 Å². The first-order valence-electron chi connectivity index (χ1n) is 13.0. The number of rotatable bonds is 5. The summed E-state index contributed by atoms with van der Waals surface area (Å²) in [7, 11) is -3.77. The topological polar surface area (TPSA) is 81.7 Å². The second-order valence-corrected chi connectivity index (χ2v) is 13.1. The molecule has 7 nitrogen and oxygen atoms in total. The standard InChI is InChI=1S/C30H24Cl3N5O2S/c1-19-23(16-20-6-8-21(31)9-7-20)30(38-28-5-3-2-4-27(28)35-29(38)24(19)18-34)36-12-14-37(15-13-36)41(39,40)22-10-11-25(32)26(33)17-22/h2-11,17H,12-16H2,1H3. The molecule has 208 valence electrons. The van der Waals surface area contributed by atoms with E-state index in [1.807, 2.05) is 55.5 Å². The van der Waals surface area contributed by atoms with Gasteiger partial charge in [-0.3, -0.25) is 4.40 Å². The second kappa shape index (κ2) is 10.8. The van der Waals surface area contributed by atoms with Crippen molar-refractivity contribution in [3.8, 4) is 6.07 Å². The van der Waals surface area contributed by atoms with Gasteiger partial charge in [0.15, 0.2) is 5.65 Å². The molecule has 41 heavy (non-hydrogen) atoms. The Morgan fingerprint density at radius 3 is 2.32 bits per heavy atom. The van der Waals surface area contributed by atoms with Gasteiger partial charge in [-0.05, 0) is 60.5 Å². The van der Waals surface area contributed by atoms with Crippen LogP contribution in [0.1, 0.15) is 22.3 Å². The molecule has 6 rings (SSSR count). The molecular weight excluding hydrogens is 601 g/mol. The lowest BCUT2D eigenvalue weighted by molar-refractivity contribution is 0.383. The van der Waals surface area contributed by atoms with Crippen LogP contribution in [0.3, 0.4) is 0 Å². The molecule has 1 aliphatic rings. The number of hydrogen-bond acceptors (Lipinski definition) is 5. The van der Waals surface area contributed by atoms with E-state index in [4.69, 9.17) is 39.8 Å². The average Bonchev–Trinajstić information content (AvgIpc) is 3.35. The van der Waals surface area contributed by atoms with E-state index in [1.54, 1.807) is 0 Å². The Bertz CT molecular complexity index is 1960. The fourth-order valence-corrected chi connectivity index (χ4v) is 7.38. The first-order valence-corrected chi connectivity index (χ1v) is 15.5. The zero-order valence-corrected chi connectivity index (χ0v) is 25.1. The molecule has 11 heteroatoms. The van der Waals surface area contributed by atoms with Crippen LogP contribution in [0.2, 0.25) is 15.1 Å². The maximum absolute atomic E-state index is 13.5. The van der Waals surface area contributed by atoms with Crippen molar-refractivity contribution in [2.24, 2.45) is 0 Å². The molecule has 5 aromatic rings. The Hall–Kier alpha value is -3.32. The van der Waals surface area contributed by atoms with E-state index in [2.05, 4.69) is 15.4 Å². The minimum absolute atomic E-state index is 0.112. The van der Waals surface area contributed by atoms with E-state index in [0.717, 1.165) is 33.5 Å². The predicted molar refractivity (Wildman–Crippen MR) is 164 cm³/mol. The highest BCUT2D eigenvalue weighted by Gasteiger charge is 2.32. The fraction of sp³-hybridized carbons (Fsp3) is 0.200. The number of nitriles is 1. The summed E-state index contributed by atoms with van der Waals surface area (Å²) in [5.41, 5.74) is 5.67.